The van der Waals surface area contributed by atoms with Gasteiger partial charge in [0, 0.05) is 13.9 Å². The highest BCUT2D eigenvalue weighted by Gasteiger charge is 2.23. The minimum absolute atomic E-state index is 0.150. The van der Waals surface area contributed by atoms with Crippen molar-refractivity contribution in [3.63, 3.8) is 0 Å². The number of hydrogen-bond donors (Lipinski definition) is 0. The SMILES string of the molecule is [B][B]n1cc(S(=O)(=O)c2ccc(OC)cc2C)nn1. The number of aromatic nitrogens is 3. The smallest absolute Gasteiger partial charge is 0.227 e. The highest BCUT2D eigenvalue weighted by Crippen LogP contribution is 2.25. The monoisotopic (exact) mass is 274 g/mol. The summed E-state index contributed by atoms with van der Waals surface area (Å²) in [6.07, 6.45) is 1.25. The van der Waals surface area contributed by atoms with E-state index in [1.54, 1.807) is 19.1 Å². The fourth-order valence-corrected chi connectivity index (χ4v) is 2.97. The molecule has 0 unspecified atom stereocenters. The molecule has 1 aromatic carbocycles. The van der Waals surface area contributed by atoms with Crippen molar-refractivity contribution in [1.29, 1.82) is 0 Å². The average molecular weight is 274 g/mol. The molecule has 0 spiro atoms. The first-order valence-corrected chi connectivity index (χ1v) is 6.84. The Morgan fingerprint density at radius 2 is 2.16 bits per heavy atom. The Hall–Kier alpha value is -1.76. The van der Waals surface area contributed by atoms with Gasteiger partial charge in [-0.15, -0.1) is 5.10 Å². The predicted molar refractivity (Wildman–Crippen MR) is 70.1 cm³/mol. The molecule has 0 N–H and O–H groups in total. The van der Waals surface area contributed by atoms with Crippen LogP contribution in [0.3, 0.4) is 0 Å². The summed E-state index contributed by atoms with van der Waals surface area (Å²) in [6, 6.07) is 4.71. The molecule has 95 valence electrons. The van der Waals surface area contributed by atoms with Gasteiger partial charge >= 0.3 is 0 Å². The van der Waals surface area contributed by atoms with Gasteiger partial charge in [0.05, 0.1) is 12.0 Å². The second kappa shape index (κ2) is 5.08. The van der Waals surface area contributed by atoms with Crippen LogP contribution in [0.4, 0.5) is 0 Å². The van der Waals surface area contributed by atoms with Crippen molar-refractivity contribution < 1.29 is 13.2 Å². The lowest BCUT2D eigenvalue weighted by Gasteiger charge is -2.07. The molecule has 0 fully saturated rings. The lowest BCUT2D eigenvalue weighted by molar-refractivity contribution is 0.414. The molecule has 9 heteroatoms. The molecule has 2 rings (SSSR count). The van der Waals surface area contributed by atoms with Crippen LogP contribution >= 0.6 is 0 Å². The third-order valence-electron chi connectivity index (χ3n) is 2.59. The topological polar surface area (TPSA) is 74.1 Å². The molecular formula is C10H10B2N3O3S. The summed E-state index contributed by atoms with van der Waals surface area (Å²) >= 11 is 0. The van der Waals surface area contributed by atoms with Gasteiger partial charge < -0.3 is 9.33 Å². The largest absolute Gasteiger partial charge is 0.497 e. The average Bonchev–Trinajstić information content (AvgIpc) is 2.87. The van der Waals surface area contributed by atoms with Crippen molar-refractivity contribution in [1.82, 2.24) is 14.9 Å². The number of methoxy groups -OCH3 is 1. The van der Waals surface area contributed by atoms with Crippen LogP contribution in [0.5, 0.6) is 5.75 Å². The summed E-state index contributed by atoms with van der Waals surface area (Å²) in [7, 11) is 4.16. The van der Waals surface area contributed by atoms with E-state index in [1.165, 1.54) is 19.4 Å². The van der Waals surface area contributed by atoms with E-state index in [9.17, 15) is 8.42 Å². The quantitative estimate of drug-likeness (QED) is 0.732. The Labute approximate surface area is 113 Å². The second-order valence-corrected chi connectivity index (χ2v) is 5.69. The summed E-state index contributed by atoms with van der Waals surface area (Å²) in [5.41, 5.74) is 0.575. The zero-order valence-electron chi connectivity index (χ0n) is 10.4. The van der Waals surface area contributed by atoms with E-state index in [2.05, 4.69) is 10.3 Å². The van der Waals surface area contributed by atoms with E-state index in [-0.39, 0.29) is 9.92 Å². The normalized spacial score (nSPS) is 11.3. The summed E-state index contributed by atoms with van der Waals surface area (Å²) < 4.78 is 30.9. The third kappa shape index (κ3) is 2.51. The van der Waals surface area contributed by atoms with Gasteiger partial charge in [-0.2, -0.15) is 0 Å². The van der Waals surface area contributed by atoms with Crippen LogP contribution in [0.25, 0.3) is 0 Å². The van der Waals surface area contributed by atoms with Gasteiger partial charge in [-0.1, -0.05) is 5.21 Å². The Balaban J connectivity index is 2.50. The second-order valence-electron chi connectivity index (χ2n) is 3.82. The first-order valence-electron chi connectivity index (χ1n) is 5.35. The van der Waals surface area contributed by atoms with Crippen LogP contribution in [-0.2, 0) is 9.84 Å². The van der Waals surface area contributed by atoms with Crippen LogP contribution in [0.2, 0.25) is 0 Å². The minimum Gasteiger partial charge on any atom is -0.497 e. The molecule has 2 aromatic rings. The Kier molecular flexibility index (Phi) is 3.66. The number of sulfone groups is 1. The molecule has 0 saturated carbocycles. The Bertz CT molecular complexity index is 700. The zero-order valence-corrected chi connectivity index (χ0v) is 11.3. The molecule has 19 heavy (non-hydrogen) atoms. The van der Waals surface area contributed by atoms with Crippen LogP contribution in [-0.4, -0.2) is 45.5 Å². The molecule has 0 aliphatic carbocycles. The maximum atomic E-state index is 12.4. The fraction of sp³-hybridized carbons (Fsp3) is 0.200. The third-order valence-corrected chi connectivity index (χ3v) is 4.36. The van der Waals surface area contributed by atoms with Crippen molar-refractivity contribution in [2.75, 3.05) is 7.11 Å². The molecule has 3 radical (unpaired) electrons. The Morgan fingerprint density at radius 3 is 2.68 bits per heavy atom. The Morgan fingerprint density at radius 1 is 1.42 bits per heavy atom. The number of aryl methyl sites for hydroxylation is 1. The van der Waals surface area contributed by atoms with E-state index in [0.29, 0.717) is 11.3 Å². The lowest BCUT2D eigenvalue weighted by Crippen LogP contribution is -2.07. The van der Waals surface area contributed by atoms with E-state index in [1.807, 2.05) is 0 Å². The van der Waals surface area contributed by atoms with Gasteiger partial charge in [0.25, 0.3) is 0 Å². The molecular weight excluding hydrogens is 264 g/mol. The van der Waals surface area contributed by atoms with Crippen molar-refractivity contribution in [2.24, 2.45) is 0 Å². The van der Waals surface area contributed by atoms with E-state index >= 15 is 0 Å². The molecule has 1 heterocycles. The van der Waals surface area contributed by atoms with Crippen molar-refractivity contribution in [3.8, 4) is 5.75 Å². The fourth-order valence-electron chi connectivity index (χ4n) is 1.62. The molecule has 0 saturated heterocycles. The van der Waals surface area contributed by atoms with Crippen molar-refractivity contribution in [2.45, 2.75) is 16.8 Å². The molecule has 0 amide bonds. The minimum atomic E-state index is -3.71. The van der Waals surface area contributed by atoms with Gasteiger partial charge in [-0.05, 0) is 30.7 Å². The molecule has 0 bridgehead atoms. The maximum absolute atomic E-state index is 12.4. The van der Waals surface area contributed by atoms with Crippen LogP contribution in [0, 0.1) is 6.92 Å². The van der Waals surface area contributed by atoms with Crippen molar-refractivity contribution >= 4 is 24.9 Å². The number of nitrogens with zero attached hydrogens (tertiary/aromatic N) is 3. The van der Waals surface area contributed by atoms with Crippen LogP contribution < -0.4 is 4.74 Å². The van der Waals surface area contributed by atoms with Crippen LogP contribution in [0.15, 0.2) is 34.3 Å². The molecule has 0 aliphatic heterocycles. The summed E-state index contributed by atoms with van der Waals surface area (Å²) in [6.45, 7) is 1.69. The molecule has 0 atom stereocenters. The molecule has 6 nitrogen and oxygen atoms in total. The summed E-state index contributed by atoms with van der Waals surface area (Å²) in [4.78, 5) is 0.164. The van der Waals surface area contributed by atoms with Crippen molar-refractivity contribution in [3.05, 3.63) is 30.0 Å². The molecule has 0 aliphatic rings. The van der Waals surface area contributed by atoms with Crippen LogP contribution in [0.1, 0.15) is 5.56 Å². The van der Waals surface area contributed by atoms with Gasteiger partial charge in [0.15, 0.2) is 0 Å². The van der Waals surface area contributed by atoms with Gasteiger partial charge in [0.1, 0.15) is 5.75 Å². The van der Waals surface area contributed by atoms with Gasteiger partial charge in [-0.25, -0.2) is 8.42 Å². The first-order chi connectivity index (χ1) is 8.98. The number of hydrogen-bond acceptors (Lipinski definition) is 5. The number of ether oxygens (including phenoxy) is 1. The first kappa shape index (κ1) is 13.7. The highest BCUT2D eigenvalue weighted by molar-refractivity contribution is 7.91. The number of benzene rings is 1. The van der Waals surface area contributed by atoms with E-state index in [0.717, 1.165) is 11.9 Å². The summed E-state index contributed by atoms with van der Waals surface area (Å²) in [5.74, 6) is 0.593. The summed E-state index contributed by atoms with van der Waals surface area (Å²) in [5, 5.41) is 7.02. The zero-order chi connectivity index (χ0) is 14.0. The van der Waals surface area contributed by atoms with E-state index < -0.39 is 9.84 Å². The van der Waals surface area contributed by atoms with E-state index in [4.69, 9.17) is 12.5 Å². The predicted octanol–water partition coefficient (Wildman–Crippen LogP) is -0.0213. The number of rotatable bonds is 4. The standard InChI is InChI=1S/C10H10B2N3O3S/c1-7-5-8(18-2)3-4-9(7)19(16,17)10-6-15(12-11)14-13-10/h3-6H,1-2H3. The molecule has 1 aromatic heterocycles. The van der Waals surface area contributed by atoms with Gasteiger partial charge in [-0.3, -0.25) is 0 Å². The van der Waals surface area contributed by atoms with Gasteiger partial charge in [0.2, 0.25) is 22.2 Å². The maximum Gasteiger partial charge on any atom is 0.227 e. The lowest BCUT2D eigenvalue weighted by atomic mass is 9.67. The highest BCUT2D eigenvalue weighted by atomic mass is 32.2.